The van der Waals surface area contributed by atoms with Gasteiger partial charge in [0.1, 0.15) is 0 Å². The van der Waals surface area contributed by atoms with E-state index in [1.165, 1.54) is 0 Å². The van der Waals surface area contributed by atoms with Gasteiger partial charge in [0.25, 0.3) is 0 Å². The highest BCUT2D eigenvalue weighted by Crippen LogP contribution is 2.29. The smallest absolute Gasteiger partial charge is 0.0550 e. The minimum absolute atomic E-state index is 0.335. The molecule has 1 rings (SSSR count). The summed E-state index contributed by atoms with van der Waals surface area (Å²) in [6.07, 6.45) is 0. The van der Waals surface area contributed by atoms with Gasteiger partial charge >= 0.3 is 0 Å². The van der Waals surface area contributed by atoms with E-state index in [1.54, 1.807) is 24.3 Å². The van der Waals surface area contributed by atoms with Crippen molar-refractivity contribution < 1.29 is 5.48 Å². The first kappa shape index (κ1) is 5.40. The summed E-state index contributed by atoms with van der Waals surface area (Å²) in [7, 11) is 0. The largest absolute Gasteiger partial charge is 0.0841 e. The molecule has 0 aliphatic carbocycles. The van der Waals surface area contributed by atoms with Crippen molar-refractivity contribution in [2.75, 3.05) is 0 Å². The van der Waals surface area contributed by atoms with E-state index in [-0.39, 0.29) is 13.1 Å². The summed E-state index contributed by atoms with van der Waals surface area (Å²) in [5.74, 6) is 0. The summed E-state index contributed by atoms with van der Waals surface area (Å²) in [5.41, 5.74) is 1.23. The van der Waals surface area contributed by atoms with E-state index in [2.05, 4.69) is 31.9 Å². The van der Waals surface area contributed by atoms with Crippen molar-refractivity contribution in [3.8, 4) is 0 Å². The van der Waals surface area contributed by atoms with Gasteiger partial charge in [-0.1, -0.05) is 69.2 Å². The summed E-state index contributed by atoms with van der Waals surface area (Å²) >= 11 is 6.31. The van der Waals surface area contributed by atoms with E-state index in [9.17, 15) is 0 Å². The van der Waals surface area contributed by atoms with Crippen molar-refractivity contribution in [3.63, 3.8) is 0 Å². The standard InChI is InChI=1S/C10H8Br2/c1-7(11)9-5-3-4-6-10(9)8(2)12/h3-6H,1-2H2/i1D2,2D2. The van der Waals surface area contributed by atoms with Crippen LogP contribution in [0.1, 0.15) is 16.6 Å². The molecule has 0 fully saturated rings. The molecule has 0 spiro atoms. The predicted octanol–water partition coefficient (Wildman–Crippen LogP) is 4.42. The van der Waals surface area contributed by atoms with Crippen molar-refractivity contribution in [3.05, 3.63) is 48.5 Å². The fourth-order valence-electron chi connectivity index (χ4n) is 0.866. The highest BCUT2D eigenvalue weighted by molar-refractivity contribution is 9.15. The average Bonchev–Trinajstić information content (AvgIpc) is 2.26. The van der Waals surface area contributed by atoms with E-state index in [0.717, 1.165) is 0 Å². The maximum Gasteiger partial charge on any atom is 0.0550 e. The Hall–Kier alpha value is -0.340. The minimum Gasteiger partial charge on any atom is -0.0841 e. The number of rotatable bonds is 2. The molecule has 0 unspecified atom stereocenters. The lowest BCUT2D eigenvalue weighted by molar-refractivity contribution is 1.61. The van der Waals surface area contributed by atoms with E-state index in [1.807, 2.05) is 0 Å². The lowest BCUT2D eigenvalue weighted by Gasteiger charge is -2.05. The third kappa shape index (κ3) is 2.08. The van der Waals surface area contributed by atoms with Crippen LogP contribution >= 0.6 is 31.9 Å². The number of hydrogen-bond acceptors (Lipinski definition) is 0. The van der Waals surface area contributed by atoms with Crippen molar-refractivity contribution in [2.24, 2.45) is 0 Å². The second-order valence-corrected chi connectivity index (χ2v) is 3.76. The lowest BCUT2D eigenvalue weighted by Crippen LogP contribution is -1.83. The Labute approximate surface area is 94.9 Å². The van der Waals surface area contributed by atoms with Gasteiger partial charge in [-0.3, -0.25) is 0 Å². The molecular formula is C10H8Br2. The van der Waals surface area contributed by atoms with Crippen LogP contribution in [0.2, 0.25) is 0 Å². The van der Waals surface area contributed by atoms with E-state index in [0.29, 0.717) is 20.1 Å². The van der Waals surface area contributed by atoms with Gasteiger partial charge in [0.2, 0.25) is 0 Å². The third-order valence-corrected chi connectivity index (χ3v) is 2.25. The van der Waals surface area contributed by atoms with Crippen LogP contribution in [0.25, 0.3) is 8.96 Å². The Kier molecular flexibility index (Phi) is 1.83. The first-order valence-corrected chi connectivity index (χ1v) is 4.79. The molecule has 0 aliphatic rings. The van der Waals surface area contributed by atoms with Crippen LogP contribution in [0, 0.1) is 0 Å². The van der Waals surface area contributed by atoms with Gasteiger partial charge < -0.3 is 0 Å². The quantitative estimate of drug-likeness (QED) is 0.757. The molecule has 1 aromatic rings. The Bertz CT molecular complexity index is 415. The molecule has 0 bridgehead atoms. The molecule has 0 N–H and O–H groups in total. The summed E-state index contributed by atoms with van der Waals surface area (Å²) in [6, 6.07) is 7.01. The Balaban J connectivity index is 3.44. The molecule has 0 aliphatic heterocycles. The highest BCUT2D eigenvalue weighted by Gasteiger charge is 2.03. The Morgan fingerprint density at radius 1 is 1.08 bits per heavy atom. The van der Waals surface area contributed by atoms with Crippen LogP contribution in [0.4, 0.5) is 0 Å². The van der Waals surface area contributed by atoms with Gasteiger partial charge in [-0.15, -0.1) is 0 Å². The van der Waals surface area contributed by atoms with Crippen molar-refractivity contribution in [1.29, 1.82) is 0 Å². The second-order valence-electron chi connectivity index (χ2n) is 2.17. The third-order valence-electron chi connectivity index (χ3n) is 1.40. The first-order valence-electron chi connectivity index (χ1n) is 5.21. The molecule has 12 heavy (non-hydrogen) atoms. The monoisotopic (exact) mass is 290 g/mol. The zero-order valence-corrected chi connectivity index (χ0v) is 9.24. The average molecular weight is 292 g/mol. The summed E-state index contributed by atoms with van der Waals surface area (Å²) < 4.78 is 29.6. The molecule has 0 aromatic heterocycles. The van der Waals surface area contributed by atoms with E-state index in [4.69, 9.17) is 5.48 Å². The molecule has 0 saturated heterocycles. The van der Waals surface area contributed by atoms with Crippen LogP contribution in [-0.4, -0.2) is 0 Å². The van der Waals surface area contributed by atoms with Crippen LogP contribution in [0.3, 0.4) is 0 Å². The molecule has 0 amide bonds. The zero-order chi connectivity index (χ0) is 12.3. The van der Waals surface area contributed by atoms with Crippen LogP contribution in [-0.2, 0) is 0 Å². The van der Waals surface area contributed by atoms with Crippen LogP contribution in [0.15, 0.2) is 37.3 Å². The second kappa shape index (κ2) is 4.06. The summed E-state index contributed by atoms with van der Waals surface area (Å²) in [6.45, 7) is -0.687. The van der Waals surface area contributed by atoms with Gasteiger partial charge in [-0.25, -0.2) is 0 Å². The molecule has 0 atom stereocenters. The van der Waals surface area contributed by atoms with Crippen LogP contribution < -0.4 is 0 Å². The molecule has 62 valence electrons. The van der Waals surface area contributed by atoms with Crippen molar-refractivity contribution in [1.82, 2.24) is 0 Å². The summed E-state index contributed by atoms with van der Waals surface area (Å²) in [5, 5.41) is 0. The maximum absolute atomic E-state index is 7.24. The summed E-state index contributed by atoms with van der Waals surface area (Å²) in [4.78, 5) is 0. The molecule has 0 heterocycles. The van der Waals surface area contributed by atoms with Crippen molar-refractivity contribution >= 4 is 40.8 Å². The van der Waals surface area contributed by atoms with Gasteiger partial charge in [0.15, 0.2) is 0 Å². The Morgan fingerprint density at radius 2 is 1.50 bits per heavy atom. The topological polar surface area (TPSA) is 0 Å². The van der Waals surface area contributed by atoms with Gasteiger partial charge in [0.05, 0.1) is 5.48 Å². The number of benzene rings is 1. The Morgan fingerprint density at radius 3 is 1.83 bits per heavy atom. The molecule has 1 aromatic carbocycles. The predicted molar refractivity (Wildman–Crippen MR) is 62.4 cm³/mol. The van der Waals surface area contributed by atoms with Gasteiger partial charge in [-0.2, -0.15) is 0 Å². The first-order chi connectivity index (χ1) is 7.45. The normalized spacial score (nSPS) is 13.5. The fraction of sp³-hybridized carbons (Fsp3) is 0. The van der Waals surface area contributed by atoms with Gasteiger partial charge in [0, 0.05) is 8.96 Å². The lowest BCUT2D eigenvalue weighted by atomic mass is 10.1. The minimum atomic E-state index is -0.343. The highest BCUT2D eigenvalue weighted by atomic mass is 79.9. The fourth-order valence-corrected chi connectivity index (χ4v) is 1.56. The molecular weight excluding hydrogens is 280 g/mol. The molecule has 0 saturated carbocycles. The van der Waals surface area contributed by atoms with E-state index >= 15 is 0 Å². The molecule has 2 heteroatoms. The van der Waals surface area contributed by atoms with Crippen molar-refractivity contribution in [2.45, 2.75) is 0 Å². The maximum atomic E-state index is 7.24. The number of halogens is 2. The SMILES string of the molecule is [2H]C([2H])=C(Br)c1ccccc1C(Br)=C([2H])[2H]. The van der Waals surface area contributed by atoms with Crippen LogP contribution in [0.5, 0.6) is 0 Å². The molecule has 0 radical (unpaired) electrons. The zero-order valence-electron chi connectivity index (χ0n) is 10.1. The molecule has 0 nitrogen and oxygen atoms in total. The van der Waals surface area contributed by atoms with Gasteiger partial charge in [-0.05, 0) is 11.1 Å². The number of hydrogen-bond donors (Lipinski definition) is 0. The van der Waals surface area contributed by atoms with E-state index < -0.39 is 0 Å².